The first-order valence-electron chi connectivity index (χ1n) is 4.63. The van der Waals surface area contributed by atoms with Gasteiger partial charge in [-0.15, -0.1) is 11.3 Å². The Bertz CT molecular complexity index is 236. The fraction of sp³-hybridized carbons (Fsp3) is 0.700. The number of hydrogen-bond donors (Lipinski definition) is 1. The second-order valence-electron chi connectivity index (χ2n) is 4.62. The smallest absolute Gasteiger partial charge is 0.0795 e. The molecular weight excluding hydrogens is 180 g/mol. The van der Waals surface area contributed by atoms with E-state index >= 15 is 0 Å². The summed E-state index contributed by atoms with van der Waals surface area (Å²) in [5, 5.41) is 2.04. The van der Waals surface area contributed by atoms with Gasteiger partial charge in [0, 0.05) is 11.4 Å². The second kappa shape index (κ2) is 4.20. The zero-order chi connectivity index (χ0) is 9.90. The van der Waals surface area contributed by atoms with Crippen LogP contribution in [-0.4, -0.2) is 4.98 Å². The third-order valence-electron chi connectivity index (χ3n) is 2.04. The van der Waals surface area contributed by atoms with Crippen LogP contribution in [0, 0.1) is 5.41 Å². The zero-order valence-corrected chi connectivity index (χ0v) is 9.40. The van der Waals surface area contributed by atoms with E-state index in [1.54, 1.807) is 11.3 Å². The molecule has 1 aromatic heterocycles. The van der Waals surface area contributed by atoms with Crippen LogP contribution in [0.1, 0.15) is 45.3 Å². The normalized spacial score (nSPS) is 14.5. The van der Waals surface area contributed by atoms with Crippen LogP contribution in [0.15, 0.2) is 10.9 Å². The Morgan fingerprint density at radius 2 is 2.23 bits per heavy atom. The van der Waals surface area contributed by atoms with Gasteiger partial charge in [0.15, 0.2) is 0 Å². The summed E-state index contributed by atoms with van der Waals surface area (Å²) in [5.41, 5.74) is 9.24. The van der Waals surface area contributed by atoms with Crippen LogP contribution in [0.25, 0.3) is 0 Å². The van der Waals surface area contributed by atoms with Crippen molar-refractivity contribution in [3.8, 4) is 0 Å². The molecule has 1 unspecified atom stereocenters. The topological polar surface area (TPSA) is 38.9 Å². The lowest BCUT2D eigenvalue weighted by atomic mass is 9.88. The van der Waals surface area contributed by atoms with Crippen molar-refractivity contribution in [2.75, 3.05) is 0 Å². The molecule has 0 saturated carbocycles. The molecule has 0 spiro atoms. The van der Waals surface area contributed by atoms with E-state index in [9.17, 15) is 0 Å². The van der Waals surface area contributed by atoms with E-state index in [1.807, 2.05) is 10.9 Å². The van der Waals surface area contributed by atoms with Crippen molar-refractivity contribution in [2.45, 2.75) is 39.7 Å². The molecule has 74 valence electrons. The van der Waals surface area contributed by atoms with E-state index in [0.29, 0.717) is 5.41 Å². The number of aromatic nitrogens is 1. The maximum Gasteiger partial charge on any atom is 0.0795 e. The quantitative estimate of drug-likeness (QED) is 0.811. The molecule has 1 heterocycles. The molecule has 0 saturated heterocycles. The molecule has 0 aliphatic carbocycles. The molecule has 0 radical (unpaired) electrons. The van der Waals surface area contributed by atoms with Crippen LogP contribution in [0.5, 0.6) is 0 Å². The minimum absolute atomic E-state index is 0.116. The van der Waals surface area contributed by atoms with Crippen molar-refractivity contribution in [1.29, 1.82) is 0 Å². The van der Waals surface area contributed by atoms with Crippen LogP contribution in [-0.2, 0) is 0 Å². The lowest BCUT2D eigenvalue weighted by Gasteiger charge is -2.19. The SMILES string of the molecule is CC(C)(C)CCC(N)c1cscn1. The summed E-state index contributed by atoms with van der Waals surface area (Å²) in [6, 6.07) is 0.116. The molecule has 0 aromatic carbocycles. The van der Waals surface area contributed by atoms with Gasteiger partial charge in [-0.05, 0) is 18.3 Å². The van der Waals surface area contributed by atoms with Gasteiger partial charge in [0.1, 0.15) is 0 Å². The summed E-state index contributed by atoms with van der Waals surface area (Å²) in [7, 11) is 0. The van der Waals surface area contributed by atoms with Gasteiger partial charge in [0.2, 0.25) is 0 Å². The molecule has 0 amide bonds. The molecule has 1 atom stereocenters. The number of hydrogen-bond acceptors (Lipinski definition) is 3. The molecule has 1 rings (SSSR count). The Balaban J connectivity index is 2.39. The van der Waals surface area contributed by atoms with Gasteiger partial charge in [-0.3, -0.25) is 0 Å². The molecule has 2 N–H and O–H groups in total. The van der Waals surface area contributed by atoms with Gasteiger partial charge in [-0.1, -0.05) is 20.8 Å². The highest BCUT2D eigenvalue weighted by atomic mass is 32.1. The van der Waals surface area contributed by atoms with E-state index in [0.717, 1.165) is 18.5 Å². The number of thiazole rings is 1. The first kappa shape index (κ1) is 10.7. The van der Waals surface area contributed by atoms with E-state index in [2.05, 4.69) is 25.8 Å². The van der Waals surface area contributed by atoms with Crippen molar-refractivity contribution < 1.29 is 0 Å². The molecule has 0 bridgehead atoms. The van der Waals surface area contributed by atoms with Crippen molar-refractivity contribution in [3.05, 3.63) is 16.6 Å². The number of nitrogens with two attached hydrogens (primary N) is 1. The van der Waals surface area contributed by atoms with Crippen molar-refractivity contribution in [1.82, 2.24) is 4.98 Å². The van der Waals surface area contributed by atoms with Crippen molar-refractivity contribution >= 4 is 11.3 Å². The van der Waals surface area contributed by atoms with Gasteiger partial charge < -0.3 is 5.73 Å². The Kier molecular flexibility index (Phi) is 3.45. The minimum atomic E-state index is 0.116. The van der Waals surface area contributed by atoms with Crippen LogP contribution in [0.4, 0.5) is 0 Å². The van der Waals surface area contributed by atoms with E-state index in [4.69, 9.17) is 5.73 Å². The molecule has 1 aromatic rings. The van der Waals surface area contributed by atoms with Crippen molar-refractivity contribution in [2.24, 2.45) is 11.1 Å². The minimum Gasteiger partial charge on any atom is -0.323 e. The average Bonchev–Trinajstić information content (AvgIpc) is 2.50. The summed E-state index contributed by atoms with van der Waals surface area (Å²) in [6.45, 7) is 6.71. The third-order valence-corrected chi connectivity index (χ3v) is 2.64. The zero-order valence-electron chi connectivity index (χ0n) is 8.58. The molecule has 3 heteroatoms. The van der Waals surface area contributed by atoms with Gasteiger partial charge in [-0.25, -0.2) is 4.98 Å². The first-order valence-corrected chi connectivity index (χ1v) is 5.57. The summed E-state index contributed by atoms with van der Waals surface area (Å²) in [6.07, 6.45) is 2.17. The lowest BCUT2D eigenvalue weighted by Crippen LogP contribution is -2.14. The first-order chi connectivity index (χ1) is 5.99. The van der Waals surface area contributed by atoms with Gasteiger partial charge in [-0.2, -0.15) is 0 Å². The van der Waals surface area contributed by atoms with Crippen molar-refractivity contribution in [3.63, 3.8) is 0 Å². The standard InChI is InChI=1S/C10H18N2S/c1-10(2,3)5-4-8(11)9-6-13-7-12-9/h6-8H,4-5,11H2,1-3H3. The maximum absolute atomic E-state index is 5.99. The monoisotopic (exact) mass is 198 g/mol. The number of nitrogens with zero attached hydrogens (tertiary/aromatic N) is 1. The molecular formula is C10H18N2S. The molecule has 0 aliphatic rings. The largest absolute Gasteiger partial charge is 0.323 e. The van der Waals surface area contributed by atoms with Gasteiger partial charge >= 0.3 is 0 Å². The maximum atomic E-state index is 5.99. The molecule has 0 aliphatic heterocycles. The summed E-state index contributed by atoms with van der Waals surface area (Å²) in [4.78, 5) is 4.21. The summed E-state index contributed by atoms with van der Waals surface area (Å²) >= 11 is 1.61. The van der Waals surface area contributed by atoms with Crippen LogP contribution < -0.4 is 5.73 Å². The fourth-order valence-electron chi connectivity index (χ4n) is 1.14. The van der Waals surface area contributed by atoms with E-state index < -0.39 is 0 Å². The fourth-order valence-corrected chi connectivity index (χ4v) is 1.76. The Morgan fingerprint density at radius 3 is 2.69 bits per heavy atom. The Labute approximate surface area is 84.2 Å². The number of rotatable bonds is 3. The molecule has 13 heavy (non-hydrogen) atoms. The van der Waals surface area contributed by atoms with Crippen LogP contribution in [0.2, 0.25) is 0 Å². The predicted octanol–water partition coefficient (Wildman–Crippen LogP) is 2.97. The highest BCUT2D eigenvalue weighted by Crippen LogP contribution is 2.25. The highest BCUT2D eigenvalue weighted by molar-refractivity contribution is 7.07. The Morgan fingerprint density at radius 1 is 1.54 bits per heavy atom. The third kappa shape index (κ3) is 3.87. The van der Waals surface area contributed by atoms with Crippen LogP contribution in [0.3, 0.4) is 0 Å². The summed E-state index contributed by atoms with van der Waals surface area (Å²) in [5.74, 6) is 0. The Hall–Kier alpha value is -0.410. The van der Waals surface area contributed by atoms with Gasteiger partial charge in [0.05, 0.1) is 11.2 Å². The van der Waals surface area contributed by atoms with E-state index in [1.165, 1.54) is 0 Å². The average molecular weight is 198 g/mol. The van der Waals surface area contributed by atoms with Crippen LogP contribution >= 0.6 is 11.3 Å². The van der Waals surface area contributed by atoms with E-state index in [-0.39, 0.29) is 6.04 Å². The lowest BCUT2D eigenvalue weighted by molar-refractivity contribution is 0.348. The second-order valence-corrected chi connectivity index (χ2v) is 5.34. The highest BCUT2D eigenvalue weighted by Gasteiger charge is 2.14. The van der Waals surface area contributed by atoms with Gasteiger partial charge in [0.25, 0.3) is 0 Å². The predicted molar refractivity (Wildman–Crippen MR) is 57.7 cm³/mol. The molecule has 2 nitrogen and oxygen atoms in total. The summed E-state index contributed by atoms with van der Waals surface area (Å²) < 4.78 is 0. The molecule has 0 fully saturated rings.